The summed E-state index contributed by atoms with van der Waals surface area (Å²) in [5.74, 6) is 0. The zero-order valence-electron chi connectivity index (χ0n) is 13.1. The summed E-state index contributed by atoms with van der Waals surface area (Å²) < 4.78 is 15.6. The third kappa shape index (κ3) is 10.3. The van der Waals surface area contributed by atoms with Crippen molar-refractivity contribution in [2.45, 2.75) is 26.3 Å². The third-order valence-electron chi connectivity index (χ3n) is 2.93. The standard InChI is InChI=1S/C12H26N2O3.C2H6/c1-13-12-10-14(11-12)4-3-5-16-8-9-17-7-6-15-2;1-2/h12-13H,3-11H2,1-2H3;1-2H3. The molecule has 1 heterocycles. The van der Waals surface area contributed by atoms with E-state index in [0.717, 1.165) is 19.6 Å². The predicted molar refractivity (Wildman–Crippen MR) is 78.8 cm³/mol. The second-order valence-corrected chi connectivity index (χ2v) is 4.32. The van der Waals surface area contributed by atoms with E-state index < -0.39 is 0 Å². The lowest BCUT2D eigenvalue weighted by atomic mass is 10.1. The molecule has 0 saturated carbocycles. The fourth-order valence-corrected chi connectivity index (χ4v) is 1.79. The fourth-order valence-electron chi connectivity index (χ4n) is 1.79. The highest BCUT2D eigenvalue weighted by Crippen LogP contribution is 2.06. The summed E-state index contributed by atoms with van der Waals surface area (Å²) in [7, 11) is 3.70. The van der Waals surface area contributed by atoms with Crippen molar-refractivity contribution in [1.29, 1.82) is 0 Å². The number of rotatable bonds is 11. The molecule has 5 heteroatoms. The van der Waals surface area contributed by atoms with Gasteiger partial charge in [-0.1, -0.05) is 13.8 Å². The van der Waals surface area contributed by atoms with E-state index in [4.69, 9.17) is 14.2 Å². The lowest BCUT2D eigenvalue weighted by Crippen LogP contribution is -2.57. The Bertz CT molecular complexity index is 176. The van der Waals surface area contributed by atoms with Gasteiger partial charge in [-0.05, 0) is 13.5 Å². The summed E-state index contributed by atoms with van der Waals surface area (Å²) in [6.45, 7) is 11.0. The summed E-state index contributed by atoms with van der Waals surface area (Å²) in [5, 5.41) is 3.27. The molecule has 116 valence electrons. The maximum Gasteiger partial charge on any atom is 0.0701 e. The Labute approximate surface area is 118 Å². The van der Waals surface area contributed by atoms with Gasteiger partial charge in [0, 0.05) is 39.4 Å². The van der Waals surface area contributed by atoms with Crippen molar-refractivity contribution in [2.24, 2.45) is 0 Å². The van der Waals surface area contributed by atoms with Crippen LogP contribution in [0.3, 0.4) is 0 Å². The van der Waals surface area contributed by atoms with Crippen molar-refractivity contribution < 1.29 is 14.2 Å². The molecule has 0 aliphatic carbocycles. The Balaban J connectivity index is 0.00000154. The third-order valence-corrected chi connectivity index (χ3v) is 2.93. The summed E-state index contributed by atoms with van der Waals surface area (Å²) in [6.07, 6.45) is 1.11. The molecule has 0 radical (unpaired) electrons. The van der Waals surface area contributed by atoms with Crippen LogP contribution >= 0.6 is 0 Å². The van der Waals surface area contributed by atoms with Gasteiger partial charge in [0.2, 0.25) is 0 Å². The number of hydrogen-bond acceptors (Lipinski definition) is 5. The van der Waals surface area contributed by atoms with Crippen LogP contribution in [-0.4, -0.2) is 77.8 Å². The monoisotopic (exact) mass is 276 g/mol. The van der Waals surface area contributed by atoms with E-state index >= 15 is 0 Å². The average molecular weight is 276 g/mol. The van der Waals surface area contributed by atoms with Crippen LogP contribution in [0.25, 0.3) is 0 Å². The second kappa shape index (κ2) is 14.2. The number of likely N-dealkylation sites (N-methyl/N-ethyl adjacent to an activating group) is 1. The Morgan fingerprint density at radius 2 is 1.58 bits per heavy atom. The smallest absolute Gasteiger partial charge is 0.0701 e. The number of hydrogen-bond donors (Lipinski definition) is 1. The Kier molecular flexibility index (Phi) is 14.1. The van der Waals surface area contributed by atoms with Crippen LogP contribution in [0.4, 0.5) is 0 Å². The molecule has 1 aliphatic rings. The quantitative estimate of drug-likeness (QED) is 0.570. The molecule has 0 amide bonds. The van der Waals surface area contributed by atoms with Crippen molar-refractivity contribution >= 4 is 0 Å². The minimum Gasteiger partial charge on any atom is -0.382 e. The molecule has 19 heavy (non-hydrogen) atoms. The molecule has 0 unspecified atom stereocenters. The van der Waals surface area contributed by atoms with E-state index in [9.17, 15) is 0 Å². The van der Waals surface area contributed by atoms with Gasteiger partial charge in [-0.2, -0.15) is 0 Å². The maximum absolute atomic E-state index is 5.48. The summed E-state index contributed by atoms with van der Waals surface area (Å²) in [4.78, 5) is 2.44. The van der Waals surface area contributed by atoms with Gasteiger partial charge in [-0.25, -0.2) is 0 Å². The zero-order valence-corrected chi connectivity index (χ0v) is 13.1. The van der Waals surface area contributed by atoms with Crippen molar-refractivity contribution in [2.75, 3.05) is 66.8 Å². The molecule has 0 spiro atoms. The minimum absolute atomic E-state index is 0.652. The summed E-state index contributed by atoms with van der Waals surface area (Å²) in [6, 6.07) is 0.699. The lowest BCUT2D eigenvalue weighted by Gasteiger charge is -2.39. The maximum atomic E-state index is 5.48. The van der Waals surface area contributed by atoms with Gasteiger partial charge < -0.3 is 24.4 Å². The van der Waals surface area contributed by atoms with Crippen LogP contribution in [0.5, 0.6) is 0 Å². The predicted octanol–water partition coefficient (Wildman–Crippen LogP) is 0.986. The molecule has 1 saturated heterocycles. The molecular weight excluding hydrogens is 244 g/mol. The first-order valence-electron chi connectivity index (χ1n) is 7.41. The molecule has 5 nitrogen and oxygen atoms in total. The largest absolute Gasteiger partial charge is 0.382 e. The van der Waals surface area contributed by atoms with Crippen LogP contribution in [0.15, 0.2) is 0 Å². The van der Waals surface area contributed by atoms with Crippen molar-refractivity contribution in [3.05, 3.63) is 0 Å². The fraction of sp³-hybridized carbons (Fsp3) is 1.00. The van der Waals surface area contributed by atoms with E-state index in [1.165, 1.54) is 13.1 Å². The number of ether oxygens (including phenoxy) is 3. The van der Waals surface area contributed by atoms with E-state index in [-0.39, 0.29) is 0 Å². The molecule has 0 aromatic rings. The number of likely N-dealkylation sites (tertiary alicyclic amines) is 1. The summed E-state index contributed by atoms with van der Waals surface area (Å²) in [5.41, 5.74) is 0. The second-order valence-electron chi connectivity index (χ2n) is 4.32. The SMILES string of the molecule is CC.CNC1CN(CCCOCCOCCOC)C1. The van der Waals surface area contributed by atoms with Gasteiger partial charge in [-0.15, -0.1) is 0 Å². The normalized spacial score (nSPS) is 15.8. The van der Waals surface area contributed by atoms with Crippen molar-refractivity contribution in [3.8, 4) is 0 Å². The summed E-state index contributed by atoms with van der Waals surface area (Å²) >= 11 is 0. The highest BCUT2D eigenvalue weighted by molar-refractivity contribution is 4.84. The van der Waals surface area contributed by atoms with Crippen LogP contribution in [0, 0.1) is 0 Å². The van der Waals surface area contributed by atoms with Gasteiger partial charge in [0.1, 0.15) is 0 Å². The molecule has 1 N–H and O–H groups in total. The molecule has 0 bridgehead atoms. The minimum atomic E-state index is 0.652. The van der Waals surface area contributed by atoms with E-state index in [2.05, 4.69) is 10.2 Å². The number of nitrogens with zero attached hydrogens (tertiary/aromatic N) is 1. The Morgan fingerprint density at radius 1 is 1.00 bits per heavy atom. The lowest BCUT2D eigenvalue weighted by molar-refractivity contribution is 0.0206. The van der Waals surface area contributed by atoms with Gasteiger partial charge in [-0.3, -0.25) is 0 Å². The van der Waals surface area contributed by atoms with Crippen LogP contribution in [-0.2, 0) is 14.2 Å². The zero-order chi connectivity index (χ0) is 14.3. The van der Waals surface area contributed by atoms with E-state index in [1.807, 2.05) is 20.9 Å². The molecule has 0 aromatic heterocycles. The molecule has 0 atom stereocenters. The van der Waals surface area contributed by atoms with Gasteiger partial charge in [0.25, 0.3) is 0 Å². The van der Waals surface area contributed by atoms with Crippen LogP contribution in [0.1, 0.15) is 20.3 Å². The van der Waals surface area contributed by atoms with Crippen molar-refractivity contribution in [3.63, 3.8) is 0 Å². The van der Waals surface area contributed by atoms with Crippen molar-refractivity contribution in [1.82, 2.24) is 10.2 Å². The van der Waals surface area contributed by atoms with Gasteiger partial charge >= 0.3 is 0 Å². The van der Waals surface area contributed by atoms with E-state index in [0.29, 0.717) is 32.5 Å². The van der Waals surface area contributed by atoms with Crippen LogP contribution < -0.4 is 5.32 Å². The first-order valence-corrected chi connectivity index (χ1v) is 7.41. The highest BCUT2D eigenvalue weighted by atomic mass is 16.5. The van der Waals surface area contributed by atoms with Crippen LogP contribution in [0.2, 0.25) is 0 Å². The van der Waals surface area contributed by atoms with Gasteiger partial charge in [0.15, 0.2) is 0 Å². The molecular formula is C14H32N2O3. The number of methoxy groups -OCH3 is 1. The molecule has 1 fully saturated rings. The first-order chi connectivity index (χ1) is 9.36. The number of nitrogens with one attached hydrogen (secondary N) is 1. The molecule has 1 aliphatic heterocycles. The molecule has 1 rings (SSSR count). The topological polar surface area (TPSA) is 43.0 Å². The van der Waals surface area contributed by atoms with Gasteiger partial charge in [0.05, 0.1) is 26.4 Å². The molecule has 0 aromatic carbocycles. The Hall–Kier alpha value is -0.200. The first kappa shape index (κ1) is 18.8. The van der Waals surface area contributed by atoms with E-state index in [1.54, 1.807) is 7.11 Å². The highest BCUT2D eigenvalue weighted by Gasteiger charge is 2.23. The average Bonchev–Trinajstić information content (AvgIpc) is 2.41. The Morgan fingerprint density at radius 3 is 2.16 bits per heavy atom.